The molecule has 0 atom stereocenters. The molecular weight excluding hydrogens is 335 g/mol. The molecule has 2 N–H and O–H groups in total. The lowest BCUT2D eigenvalue weighted by molar-refractivity contribution is 0.0955. The molecule has 0 bridgehead atoms. The standard InChI is InChI=1S/C19H21FN4O2/c1-3-8-21-9-10-22-18(25)15-11-16(13-4-6-14(20)7-5-13)23-19-17(15)12(2)24-26-19/h4-7,11,21H,3,8-10H2,1-2H3,(H,22,25). The number of pyridine rings is 1. The van der Waals surface area contributed by atoms with Crippen LogP contribution in [0.1, 0.15) is 29.4 Å². The van der Waals surface area contributed by atoms with Crippen molar-refractivity contribution >= 4 is 17.0 Å². The number of carbonyl (C=O) groups excluding carboxylic acids is 1. The zero-order valence-corrected chi connectivity index (χ0v) is 14.8. The van der Waals surface area contributed by atoms with Gasteiger partial charge in [0.05, 0.1) is 22.3 Å². The lowest BCUT2D eigenvalue weighted by atomic mass is 10.1. The van der Waals surface area contributed by atoms with Crippen LogP contribution in [-0.4, -0.2) is 35.7 Å². The summed E-state index contributed by atoms with van der Waals surface area (Å²) in [5.41, 5.74) is 2.57. The van der Waals surface area contributed by atoms with E-state index in [0.717, 1.165) is 13.0 Å². The molecule has 0 aliphatic rings. The minimum atomic E-state index is -0.331. The van der Waals surface area contributed by atoms with Crippen molar-refractivity contribution < 1.29 is 13.7 Å². The fourth-order valence-electron chi connectivity index (χ4n) is 2.70. The number of benzene rings is 1. The number of hydrogen-bond acceptors (Lipinski definition) is 5. The molecule has 0 radical (unpaired) electrons. The highest BCUT2D eigenvalue weighted by molar-refractivity contribution is 6.06. The quantitative estimate of drug-likeness (QED) is 0.636. The van der Waals surface area contributed by atoms with Gasteiger partial charge in [-0.1, -0.05) is 12.1 Å². The summed E-state index contributed by atoms with van der Waals surface area (Å²) in [4.78, 5) is 17.1. The second-order valence-electron chi connectivity index (χ2n) is 6.02. The van der Waals surface area contributed by atoms with Crippen LogP contribution in [0.25, 0.3) is 22.4 Å². The summed E-state index contributed by atoms with van der Waals surface area (Å²) in [7, 11) is 0. The molecule has 136 valence electrons. The predicted octanol–water partition coefficient (Wildman–Crippen LogP) is 3.07. The van der Waals surface area contributed by atoms with Crippen LogP contribution >= 0.6 is 0 Å². The van der Waals surface area contributed by atoms with Crippen LogP contribution in [-0.2, 0) is 0 Å². The molecule has 3 aromatic rings. The number of aryl methyl sites for hydroxylation is 1. The zero-order chi connectivity index (χ0) is 18.5. The highest BCUT2D eigenvalue weighted by atomic mass is 19.1. The molecule has 6 nitrogen and oxygen atoms in total. The monoisotopic (exact) mass is 356 g/mol. The summed E-state index contributed by atoms with van der Waals surface area (Å²) in [5.74, 6) is -0.548. The Morgan fingerprint density at radius 1 is 1.19 bits per heavy atom. The van der Waals surface area contributed by atoms with Crippen LogP contribution in [0, 0.1) is 12.7 Å². The maximum atomic E-state index is 13.2. The van der Waals surface area contributed by atoms with Gasteiger partial charge in [0.2, 0.25) is 0 Å². The minimum Gasteiger partial charge on any atom is -0.351 e. The third kappa shape index (κ3) is 3.88. The Hall–Kier alpha value is -2.80. The van der Waals surface area contributed by atoms with E-state index in [-0.39, 0.29) is 11.7 Å². The van der Waals surface area contributed by atoms with Crippen molar-refractivity contribution in [2.75, 3.05) is 19.6 Å². The lowest BCUT2D eigenvalue weighted by Gasteiger charge is -2.09. The van der Waals surface area contributed by atoms with Gasteiger partial charge >= 0.3 is 0 Å². The lowest BCUT2D eigenvalue weighted by Crippen LogP contribution is -2.32. The van der Waals surface area contributed by atoms with E-state index in [4.69, 9.17) is 4.52 Å². The Morgan fingerprint density at radius 3 is 2.69 bits per heavy atom. The molecule has 0 saturated heterocycles. The minimum absolute atomic E-state index is 0.217. The molecule has 3 rings (SSSR count). The third-order valence-corrected chi connectivity index (χ3v) is 4.02. The average Bonchev–Trinajstić information content (AvgIpc) is 3.02. The molecule has 7 heteroatoms. The topological polar surface area (TPSA) is 80.0 Å². The van der Waals surface area contributed by atoms with E-state index in [9.17, 15) is 9.18 Å². The summed E-state index contributed by atoms with van der Waals surface area (Å²) >= 11 is 0. The number of hydrogen-bond donors (Lipinski definition) is 2. The summed E-state index contributed by atoms with van der Waals surface area (Å²) in [5, 5.41) is 10.6. The Balaban J connectivity index is 1.91. The SMILES string of the molecule is CCCNCCNC(=O)c1cc(-c2ccc(F)cc2)nc2onc(C)c12. The molecular formula is C19H21FN4O2. The van der Waals surface area contributed by atoms with Gasteiger partial charge in [-0.15, -0.1) is 0 Å². The number of nitrogens with zero attached hydrogens (tertiary/aromatic N) is 2. The van der Waals surface area contributed by atoms with Gasteiger partial charge in [-0.2, -0.15) is 0 Å². The van der Waals surface area contributed by atoms with Crippen LogP contribution in [0.5, 0.6) is 0 Å². The molecule has 0 saturated carbocycles. The molecule has 1 aromatic carbocycles. The van der Waals surface area contributed by atoms with E-state index in [1.54, 1.807) is 25.1 Å². The Morgan fingerprint density at radius 2 is 1.96 bits per heavy atom. The van der Waals surface area contributed by atoms with Gasteiger partial charge in [0, 0.05) is 18.7 Å². The van der Waals surface area contributed by atoms with Crippen molar-refractivity contribution in [1.29, 1.82) is 0 Å². The number of halogens is 1. The van der Waals surface area contributed by atoms with Crippen LogP contribution in [0.3, 0.4) is 0 Å². The van der Waals surface area contributed by atoms with Crippen molar-refractivity contribution in [3.05, 3.63) is 47.4 Å². The maximum Gasteiger partial charge on any atom is 0.259 e. The van der Waals surface area contributed by atoms with Crippen molar-refractivity contribution in [2.24, 2.45) is 0 Å². The largest absolute Gasteiger partial charge is 0.351 e. The molecule has 0 spiro atoms. The van der Waals surface area contributed by atoms with Crippen molar-refractivity contribution in [2.45, 2.75) is 20.3 Å². The Labute approximate surface area is 150 Å². The average molecular weight is 356 g/mol. The zero-order valence-electron chi connectivity index (χ0n) is 14.8. The fourth-order valence-corrected chi connectivity index (χ4v) is 2.70. The van der Waals surface area contributed by atoms with Crippen LogP contribution in [0.15, 0.2) is 34.9 Å². The van der Waals surface area contributed by atoms with E-state index >= 15 is 0 Å². The van der Waals surface area contributed by atoms with Crippen molar-refractivity contribution in [1.82, 2.24) is 20.8 Å². The number of carbonyl (C=O) groups is 1. The number of amides is 1. The maximum absolute atomic E-state index is 13.2. The van der Waals surface area contributed by atoms with Crippen molar-refractivity contribution in [3.8, 4) is 11.3 Å². The Kier molecular flexibility index (Phi) is 5.58. The molecule has 1 amide bonds. The van der Waals surface area contributed by atoms with E-state index in [0.29, 0.717) is 46.7 Å². The first kappa shape index (κ1) is 18.0. The first-order valence-corrected chi connectivity index (χ1v) is 8.62. The Bertz CT molecular complexity index is 906. The molecule has 0 aliphatic carbocycles. The second kappa shape index (κ2) is 8.05. The summed E-state index contributed by atoms with van der Waals surface area (Å²) in [6, 6.07) is 7.62. The van der Waals surface area contributed by atoms with E-state index in [1.807, 2.05) is 0 Å². The molecule has 0 fully saturated rings. The summed E-state index contributed by atoms with van der Waals surface area (Å²) in [6.07, 6.45) is 1.04. The van der Waals surface area contributed by atoms with E-state index in [1.165, 1.54) is 12.1 Å². The molecule has 2 heterocycles. The van der Waals surface area contributed by atoms with Gasteiger partial charge in [-0.05, 0) is 50.2 Å². The highest BCUT2D eigenvalue weighted by Crippen LogP contribution is 2.27. The van der Waals surface area contributed by atoms with Gasteiger partial charge in [0.1, 0.15) is 5.82 Å². The third-order valence-electron chi connectivity index (χ3n) is 4.02. The molecule has 0 unspecified atom stereocenters. The number of nitrogens with one attached hydrogen (secondary N) is 2. The smallest absolute Gasteiger partial charge is 0.259 e. The molecule has 0 aliphatic heterocycles. The van der Waals surface area contributed by atoms with E-state index in [2.05, 4.69) is 27.7 Å². The first-order chi connectivity index (χ1) is 12.6. The number of aromatic nitrogens is 2. The summed E-state index contributed by atoms with van der Waals surface area (Å²) < 4.78 is 18.4. The normalized spacial score (nSPS) is 11.0. The molecule has 2 aromatic heterocycles. The van der Waals surface area contributed by atoms with Crippen LogP contribution in [0.4, 0.5) is 4.39 Å². The first-order valence-electron chi connectivity index (χ1n) is 8.62. The fraction of sp³-hybridized carbons (Fsp3) is 0.316. The van der Waals surface area contributed by atoms with Gasteiger partial charge in [0.15, 0.2) is 0 Å². The van der Waals surface area contributed by atoms with Gasteiger partial charge in [-0.3, -0.25) is 4.79 Å². The van der Waals surface area contributed by atoms with Crippen molar-refractivity contribution in [3.63, 3.8) is 0 Å². The number of fused-ring (bicyclic) bond motifs is 1. The molecule has 26 heavy (non-hydrogen) atoms. The van der Waals surface area contributed by atoms with Gasteiger partial charge in [0.25, 0.3) is 11.6 Å². The van der Waals surface area contributed by atoms with Crippen LogP contribution < -0.4 is 10.6 Å². The van der Waals surface area contributed by atoms with Gasteiger partial charge < -0.3 is 15.2 Å². The second-order valence-corrected chi connectivity index (χ2v) is 6.02. The van der Waals surface area contributed by atoms with Crippen LogP contribution in [0.2, 0.25) is 0 Å². The predicted molar refractivity (Wildman–Crippen MR) is 97.4 cm³/mol. The highest BCUT2D eigenvalue weighted by Gasteiger charge is 2.19. The number of rotatable bonds is 7. The van der Waals surface area contributed by atoms with Gasteiger partial charge in [-0.25, -0.2) is 9.37 Å². The summed E-state index contributed by atoms with van der Waals surface area (Å²) in [6.45, 7) is 5.98. The van der Waals surface area contributed by atoms with E-state index < -0.39 is 0 Å².